The molecule has 0 unspecified atom stereocenters. The van der Waals surface area contributed by atoms with E-state index in [0.29, 0.717) is 27.5 Å². The third-order valence-electron chi connectivity index (χ3n) is 2.87. The van der Waals surface area contributed by atoms with E-state index in [1.807, 2.05) is 31.3 Å². The quantitative estimate of drug-likeness (QED) is 0.785. The lowest BCUT2D eigenvalue weighted by atomic mass is 10.2. The van der Waals surface area contributed by atoms with Crippen molar-refractivity contribution >= 4 is 28.9 Å². The highest BCUT2D eigenvalue weighted by molar-refractivity contribution is 6.35. The van der Waals surface area contributed by atoms with Crippen molar-refractivity contribution in [2.24, 2.45) is 0 Å². The topological polar surface area (TPSA) is 63.8 Å². The van der Waals surface area contributed by atoms with Gasteiger partial charge in [0.25, 0.3) is 5.89 Å². The molecule has 21 heavy (non-hydrogen) atoms. The van der Waals surface area contributed by atoms with E-state index in [2.05, 4.69) is 20.4 Å². The first kappa shape index (κ1) is 13.9. The number of pyridine rings is 1. The third kappa shape index (κ3) is 2.84. The molecule has 0 atom stereocenters. The molecular weight excluding hydrogens is 311 g/mol. The largest absolute Gasteiger partial charge is 0.388 e. The Bertz CT molecular complexity index is 771. The van der Waals surface area contributed by atoms with E-state index >= 15 is 0 Å². The minimum atomic E-state index is 0.323. The molecule has 0 fully saturated rings. The zero-order valence-corrected chi connectivity index (χ0v) is 12.5. The lowest BCUT2D eigenvalue weighted by molar-refractivity contribution is 0.432. The summed E-state index contributed by atoms with van der Waals surface area (Å²) in [5.41, 5.74) is 2.25. The Kier molecular flexibility index (Phi) is 3.77. The summed E-state index contributed by atoms with van der Waals surface area (Å²) in [7, 11) is 1.86. The van der Waals surface area contributed by atoms with Crippen LogP contribution in [-0.4, -0.2) is 22.2 Å². The van der Waals surface area contributed by atoms with Crippen molar-refractivity contribution < 1.29 is 4.52 Å². The number of aromatic nitrogens is 3. The Morgan fingerprint density at radius 1 is 1.14 bits per heavy atom. The molecule has 0 bridgehead atoms. The second-order valence-electron chi connectivity index (χ2n) is 4.23. The average molecular weight is 321 g/mol. The lowest BCUT2D eigenvalue weighted by Gasteiger charge is -1.99. The molecule has 1 N–H and O–H groups in total. The lowest BCUT2D eigenvalue weighted by Crippen LogP contribution is -1.88. The van der Waals surface area contributed by atoms with Crippen LogP contribution in [0, 0.1) is 0 Å². The Hall–Kier alpha value is -2.11. The fourth-order valence-corrected chi connectivity index (χ4v) is 2.26. The molecule has 1 aromatic carbocycles. The monoisotopic (exact) mass is 320 g/mol. The van der Waals surface area contributed by atoms with Crippen LogP contribution >= 0.6 is 23.2 Å². The molecule has 2 aromatic heterocycles. The van der Waals surface area contributed by atoms with Gasteiger partial charge in [-0.3, -0.25) is 0 Å². The molecule has 0 amide bonds. The van der Waals surface area contributed by atoms with Crippen LogP contribution in [-0.2, 0) is 0 Å². The fraction of sp³-hybridized carbons (Fsp3) is 0.0714. The van der Waals surface area contributed by atoms with Gasteiger partial charge >= 0.3 is 0 Å². The van der Waals surface area contributed by atoms with Gasteiger partial charge in [-0.1, -0.05) is 28.4 Å². The summed E-state index contributed by atoms with van der Waals surface area (Å²) < 4.78 is 5.25. The van der Waals surface area contributed by atoms with Gasteiger partial charge < -0.3 is 9.84 Å². The minimum absolute atomic E-state index is 0.323. The van der Waals surface area contributed by atoms with Crippen molar-refractivity contribution in [2.45, 2.75) is 0 Å². The Morgan fingerprint density at radius 3 is 2.57 bits per heavy atom. The SMILES string of the molecule is CNc1ccc(-c2nc(-c3ncc(Cl)cc3Cl)no2)cc1. The maximum absolute atomic E-state index is 6.08. The normalized spacial score (nSPS) is 10.6. The highest BCUT2D eigenvalue weighted by atomic mass is 35.5. The number of hydrogen-bond acceptors (Lipinski definition) is 5. The van der Waals surface area contributed by atoms with E-state index in [4.69, 9.17) is 27.7 Å². The van der Waals surface area contributed by atoms with Crippen LogP contribution in [0.3, 0.4) is 0 Å². The first-order valence-electron chi connectivity index (χ1n) is 6.10. The fourth-order valence-electron chi connectivity index (χ4n) is 1.80. The van der Waals surface area contributed by atoms with Crippen LogP contribution in [0.4, 0.5) is 5.69 Å². The van der Waals surface area contributed by atoms with E-state index in [0.717, 1.165) is 11.3 Å². The number of hydrogen-bond donors (Lipinski definition) is 1. The molecule has 0 aliphatic heterocycles. The number of rotatable bonds is 3. The predicted octanol–water partition coefficient (Wildman–Crippen LogP) is 4.15. The summed E-state index contributed by atoms with van der Waals surface area (Å²) in [5.74, 6) is 0.727. The summed E-state index contributed by atoms with van der Waals surface area (Å²) in [5, 5.41) is 7.78. The van der Waals surface area contributed by atoms with Gasteiger partial charge in [-0.2, -0.15) is 4.98 Å². The smallest absolute Gasteiger partial charge is 0.258 e. The average Bonchev–Trinajstić information content (AvgIpc) is 2.97. The summed E-state index contributed by atoms with van der Waals surface area (Å²) >= 11 is 11.9. The highest BCUT2D eigenvalue weighted by Crippen LogP contribution is 2.28. The van der Waals surface area contributed by atoms with E-state index in [-0.39, 0.29) is 0 Å². The van der Waals surface area contributed by atoms with E-state index in [1.165, 1.54) is 6.20 Å². The zero-order chi connectivity index (χ0) is 14.8. The number of nitrogens with one attached hydrogen (secondary N) is 1. The van der Waals surface area contributed by atoms with Gasteiger partial charge in [-0.25, -0.2) is 4.98 Å². The van der Waals surface area contributed by atoms with Crippen molar-refractivity contribution in [1.82, 2.24) is 15.1 Å². The molecule has 106 valence electrons. The maximum Gasteiger partial charge on any atom is 0.258 e. The Labute approximate surface area is 130 Å². The van der Waals surface area contributed by atoms with Crippen LogP contribution in [0.1, 0.15) is 0 Å². The summed E-state index contributed by atoms with van der Waals surface area (Å²) in [4.78, 5) is 8.43. The molecule has 0 spiro atoms. The molecule has 0 radical (unpaired) electrons. The van der Waals surface area contributed by atoms with Crippen molar-refractivity contribution in [3.8, 4) is 23.0 Å². The second kappa shape index (κ2) is 5.71. The van der Waals surface area contributed by atoms with Crippen molar-refractivity contribution in [3.63, 3.8) is 0 Å². The zero-order valence-electron chi connectivity index (χ0n) is 11.0. The number of anilines is 1. The number of halogens is 2. The minimum Gasteiger partial charge on any atom is -0.388 e. The van der Waals surface area contributed by atoms with Crippen LogP contribution < -0.4 is 5.32 Å². The Morgan fingerprint density at radius 2 is 1.90 bits per heavy atom. The van der Waals surface area contributed by atoms with Crippen molar-refractivity contribution in [2.75, 3.05) is 12.4 Å². The molecule has 0 saturated heterocycles. The molecule has 3 aromatic rings. The van der Waals surface area contributed by atoms with Gasteiger partial charge in [-0.05, 0) is 30.3 Å². The van der Waals surface area contributed by atoms with E-state index in [1.54, 1.807) is 6.07 Å². The first-order valence-corrected chi connectivity index (χ1v) is 6.86. The molecule has 0 saturated carbocycles. The van der Waals surface area contributed by atoms with Gasteiger partial charge in [0.2, 0.25) is 5.82 Å². The van der Waals surface area contributed by atoms with Crippen LogP contribution in [0.15, 0.2) is 41.1 Å². The van der Waals surface area contributed by atoms with Gasteiger partial charge in [0.1, 0.15) is 5.69 Å². The van der Waals surface area contributed by atoms with E-state index in [9.17, 15) is 0 Å². The summed E-state index contributed by atoms with van der Waals surface area (Å²) in [6.45, 7) is 0. The van der Waals surface area contributed by atoms with Crippen LogP contribution in [0.5, 0.6) is 0 Å². The molecule has 0 aliphatic carbocycles. The van der Waals surface area contributed by atoms with Crippen molar-refractivity contribution in [1.29, 1.82) is 0 Å². The molecule has 0 aliphatic rings. The van der Waals surface area contributed by atoms with Crippen LogP contribution in [0.25, 0.3) is 23.0 Å². The number of nitrogens with zero attached hydrogens (tertiary/aromatic N) is 3. The predicted molar refractivity (Wildman–Crippen MR) is 82.5 cm³/mol. The van der Waals surface area contributed by atoms with Crippen molar-refractivity contribution in [3.05, 3.63) is 46.6 Å². The number of benzene rings is 1. The highest BCUT2D eigenvalue weighted by Gasteiger charge is 2.14. The standard InChI is InChI=1S/C14H10Cl2N4O/c1-17-10-4-2-8(3-5-10)14-19-13(20-21-14)12-11(16)6-9(15)7-18-12/h2-7,17H,1H3. The van der Waals surface area contributed by atoms with Gasteiger partial charge in [-0.15, -0.1) is 0 Å². The third-order valence-corrected chi connectivity index (χ3v) is 3.36. The molecule has 5 nitrogen and oxygen atoms in total. The van der Waals surface area contributed by atoms with Gasteiger partial charge in [0, 0.05) is 24.5 Å². The first-order chi connectivity index (χ1) is 10.2. The van der Waals surface area contributed by atoms with E-state index < -0.39 is 0 Å². The molecule has 3 rings (SSSR count). The Balaban J connectivity index is 1.95. The van der Waals surface area contributed by atoms with Crippen LogP contribution in [0.2, 0.25) is 10.0 Å². The summed E-state index contributed by atoms with van der Waals surface area (Å²) in [6.07, 6.45) is 1.49. The van der Waals surface area contributed by atoms with Gasteiger partial charge in [0.05, 0.1) is 10.0 Å². The molecule has 7 heteroatoms. The van der Waals surface area contributed by atoms with Gasteiger partial charge in [0.15, 0.2) is 0 Å². The molecule has 2 heterocycles. The molecular formula is C14H10Cl2N4O. The summed E-state index contributed by atoms with van der Waals surface area (Å²) in [6, 6.07) is 9.21. The maximum atomic E-state index is 6.08. The second-order valence-corrected chi connectivity index (χ2v) is 5.08.